The van der Waals surface area contributed by atoms with Crippen LogP contribution in [0.3, 0.4) is 0 Å². The second kappa shape index (κ2) is 5.34. The molecule has 4 heteroatoms. The molecule has 0 aliphatic carbocycles. The number of carbonyl (C=O) groups excluding carboxylic acids is 1. The number of benzene rings is 2. The topological polar surface area (TPSA) is 32.7 Å². The number of carbonyl (C=O) groups is 1. The molecule has 0 aromatic heterocycles. The van der Waals surface area contributed by atoms with Crippen molar-refractivity contribution in [2.45, 2.75) is 19.9 Å². The van der Waals surface area contributed by atoms with E-state index in [1.54, 1.807) is 17.0 Å². The molecule has 2 aromatic carbocycles. The molecule has 0 atom stereocenters. The van der Waals surface area contributed by atoms with Crippen LogP contribution in [0.5, 0.6) is 0 Å². The summed E-state index contributed by atoms with van der Waals surface area (Å²) < 4.78 is 0. The predicted octanol–water partition coefficient (Wildman–Crippen LogP) is 4.22. The first-order valence-corrected chi connectivity index (χ1v) is 7.23. The third-order valence-electron chi connectivity index (χ3n) is 3.41. The SMILES string of the molecule is CC(C)N1C(=O)C(=Nc2cccc(Cl)c2)c2ccccc21. The molecule has 21 heavy (non-hydrogen) atoms. The van der Waals surface area contributed by atoms with Crippen LogP contribution in [0.15, 0.2) is 53.5 Å². The summed E-state index contributed by atoms with van der Waals surface area (Å²) in [4.78, 5) is 18.9. The molecule has 1 amide bonds. The third-order valence-corrected chi connectivity index (χ3v) is 3.64. The van der Waals surface area contributed by atoms with Crippen LogP contribution in [-0.2, 0) is 4.79 Å². The van der Waals surface area contributed by atoms with Crippen LogP contribution in [0.25, 0.3) is 0 Å². The van der Waals surface area contributed by atoms with Gasteiger partial charge in [-0.3, -0.25) is 4.79 Å². The van der Waals surface area contributed by atoms with Crippen molar-refractivity contribution in [3.05, 3.63) is 59.1 Å². The first-order chi connectivity index (χ1) is 10.1. The molecule has 0 unspecified atom stereocenters. The Morgan fingerprint density at radius 3 is 2.57 bits per heavy atom. The molecule has 0 saturated heterocycles. The zero-order valence-electron chi connectivity index (χ0n) is 11.9. The minimum atomic E-state index is -0.0637. The predicted molar refractivity (Wildman–Crippen MR) is 86.7 cm³/mol. The maximum atomic E-state index is 12.7. The van der Waals surface area contributed by atoms with E-state index in [4.69, 9.17) is 11.6 Å². The third kappa shape index (κ3) is 2.45. The van der Waals surface area contributed by atoms with Gasteiger partial charge in [-0.15, -0.1) is 0 Å². The lowest BCUT2D eigenvalue weighted by molar-refractivity contribution is -0.112. The minimum absolute atomic E-state index is 0.0637. The van der Waals surface area contributed by atoms with Gasteiger partial charge < -0.3 is 4.90 Å². The van der Waals surface area contributed by atoms with Gasteiger partial charge in [-0.2, -0.15) is 0 Å². The van der Waals surface area contributed by atoms with Gasteiger partial charge in [0.1, 0.15) is 5.71 Å². The summed E-state index contributed by atoms with van der Waals surface area (Å²) in [7, 11) is 0. The second-order valence-corrected chi connectivity index (χ2v) is 5.66. The molecule has 1 aliphatic heterocycles. The Bertz CT molecular complexity index is 737. The highest BCUT2D eigenvalue weighted by Gasteiger charge is 2.35. The van der Waals surface area contributed by atoms with E-state index in [-0.39, 0.29) is 11.9 Å². The number of amides is 1. The Labute approximate surface area is 128 Å². The molecule has 3 nitrogen and oxygen atoms in total. The van der Waals surface area contributed by atoms with Gasteiger partial charge in [0.15, 0.2) is 0 Å². The highest BCUT2D eigenvalue weighted by Crippen LogP contribution is 2.32. The molecule has 0 N–H and O–H groups in total. The number of hydrogen-bond acceptors (Lipinski definition) is 2. The summed E-state index contributed by atoms with van der Waals surface area (Å²) >= 11 is 5.98. The van der Waals surface area contributed by atoms with Crippen LogP contribution in [0.4, 0.5) is 11.4 Å². The Morgan fingerprint density at radius 1 is 1.10 bits per heavy atom. The van der Waals surface area contributed by atoms with E-state index in [2.05, 4.69) is 4.99 Å². The normalized spacial score (nSPS) is 15.9. The number of aliphatic imine (C=N–C) groups is 1. The fourth-order valence-corrected chi connectivity index (χ4v) is 2.70. The Balaban J connectivity index is 2.13. The fraction of sp³-hybridized carbons (Fsp3) is 0.176. The van der Waals surface area contributed by atoms with Crippen LogP contribution < -0.4 is 4.90 Å². The van der Waals surface area contributed by atoms with Gasteiger partial charge in [-0.1, -0.05) is 35.9 Å². The zero-order chi connectivity index (χ0) is 15.0. The van der Waals surface area contributed by atoms with Crippen molar-refractivity contribution < 1.29 is 4.79 Å². The lowest BCUT2D eigenvalue weighted by Gasteiger charge is -2.20. The second-order valence-electron chi connectivity index (χ2n) is 5.23. The number of nitrogens with zero attached hydrogens (tertiary/aromatic N) is 2. The quantitative estimate of drug-likeness (QED) is 0.817. The highest BCUT2D eigenvalue weighted by molar-refractivity contribution is 6.54. The first-order valence-electron chi connectivity index (χ1n) is 6.85. The Hall–Kier alpha value is -2.13. The lowest BCUT2D eigenvalue weighted by atomic mass is 10.1. The molecule has 106 valence electrons. The van der Waals surface area contributed by atoms with E-state index in [0.29, 0.717) is 16.4 Å². The number of halogens is 1. The van der Waals surface area contributed by atoms with Crippen LogP contribution in [0.1, 0.15) is 19.4 Å². The number of rotatable bonds is 2. The average molecular weight is 299 g/mol. The van der Waals surface area contributed by atoms with Crippen molar-refractivity contribution in [2.75, 3.05) is 4.90 Å². The van der Waals surface area contributed by atoms with Crippen molar-refractivity contribution in [2.24, 2.45) is 4.99 Å². The maximum absolute atomic E-state index is 12.7. The summed E-state index contributed by atoms with van der Waals surface area (Å²) in [6, 6.07) is 15.0. The summed E-state index contributed by atoms with van der Waals surface area (Å²) in [6.07, 6.45) is 0. The van der Waals surface area contributed by atoms with E-state index in [1.807, 2.05) is 50.2 Å². The Morgan fingerprint density at radius 2 is 1.86 bits per heavy atom. The van der Waals surface area contributed by atoms with Gasteiger partial charge in [-0.05, 0) is 38.1 Å². The minimum Gasteiger partial charge on any atom is -0.304 e. The average Bonchev–Trinajstić information content (AvgIpc) is 2.72. The molecule has 0 saturated carbocycles. The van der Waals surface area contributed by atoms with Crippen LogP contribution in [-0.4, -0.2) is 17.7 Å². The molecular weight excluding hydrogens is 284 g/mol. The number of para-hydroxylation sites is 1. The molecule has 0 spiro atoms. The zero-order valence-corrected chi connectivity index (χ0v) is 12.6. The number of fused-ring (bicyclic) bond motifs is 1. The van der Waals surface area contributed by atoms with Crippen molar-refractivity contribution in [3.8, 4) is 0 Å². The largest absolute Gasteiger partial charge is 0.304 e. The van der Waals surface area contributed by atoms with E-state index in [0.717, 1.165) is 11.3 Å². The van der Waals surface area contributed by atoms with E-state index in [1.165, 1.54) is 0 Å². The van der Waals surface area contributed by atoms with Crippen molar-refractivity contribution in [1.29, 1.82) is 0 Å². The van der Waals surface area contributed by atoms with Gasteiger partial charge >= 0.3 is 0 Å². The molecule has 0 radical (unpaired) electrons. The standard InChI is InChI=1S/C17H15ClN2O/c1-11(2)20-15-9-4-3-8-14(15)16(17(20)21)19-13-7-5-6-12(18)10-13/h3-11H,1-2H3. The monoisotopic (exact) mass is 298 g/mol. The summed E-state index contributed by atoms with van der Waals surface area (Å²) in [5.41, 5.74) is 2.95. The number of anilines is 1. The highest BCUT2D eigenvalue weighted by atomic mass is 35.5. The molecule has 1 aliphatic rings. The van der Waals surface area contributed by atoms with Crippen molar-refractivity contribution in [3.63, 3.8) is 0 Å². The van der Waals surface area contributed by atoms with Gasteiger partial charge in [0, 0.05) is 16.6 Å². The van der Waals surface area contributed by atoms with Gasteiger partial charge in [-0.25, -0.2) is 4.99 Å². The number of hydrogen-bond donors (Lipinski definition) is 0. The maximum Gasteiger partial charge on any atom is 0.277 e. The van der Waals surface area contributed by atoms with Gasteiger partial charge in [0.05, 0.1) is 11.4 Å². The van der Waals surface area contributed by atoms with Crippen LogP contribution >= 0.6 is 11.6 Å². The fourth-order valence-electron chi connectivity index (χ4n) is 2.52. The van der Waals surface area contributed by atoms with Gasteiger partial charge in [0.25, 0.3) is 5.91 Å². The summed E-state index contributed by atoms with van der Waals surface area (Å²) in [5.74, 6) is -0.0637. The van der Waals surface area contributed by atoms with Gasteiger partial charge in [0.2, 0.25) is 0 Å². The Kier molecular flexibility index (Phi) is 3.52. The molecule has 2 aromatic rings. The summed E-state index contributed by atoms with van der Waals surface area (Å²) in [6.45, 7) is 3.99. The van der Waals surface area contributed by atoms with E-state index < -0.39 is 0 Å². The lowest BCUT2D eigenvalue weighted by Crippen LogP contribution is -2.35. The molecule has 0 bridgehead atoms. The van der Waals surface area contributed by atoms with E-state index in [9.17, 15) is 4.79 Å². The molecule has 0 fully saturated rings. The molecule has 3 rings (SSSR count). The van der Waals surface area contributed by atoms with Crippen molar-refractivity contribution >= 4 is 34.6 Å². The molecular formula is C17H15ClN2O. The summed E-state index contributed by atoms with van der Waals surface area (Å²) in [5, 5.41) is 0.608. The van der Waals surface area contributed by atoms with Crippen LogP contribution in [0.2, 0.25) is 5.02 Å². The van der Waals surface area contributed by atoms with E-state index >= 15 is 0 Å². The smallest absolute Gasteiger partial charge is 0.277 e. The van der Waals surface area contributed by atoms with Crippen LogP contribution in [0, 0.1) is 0 Å². The first kappa shape index (κ1) is 13.8. The van der Waals surface area contributed by atoms with Crippen molar-refractivity contribution in [1.82, 2.24) is 0 Å². The molecule has 1 heterocycles.